The Hall–Kier alpha value is -0.530. The maximum Gasteiger partial charge on any atom is 0.244 e. The van der Waals surface area contributed by atoms with Gasteiger partial charge in [-0.1, -0.05) is 19.8 Å². The van der Waals surface area contributed by atoms with Crippen LogP contribution >= 0.6 is 24.0 Å². The van der Waals surface area contributed by atoms with Crippen molar-refractivity contribution in [1.29, 1.82) is 0 Å². The molecule has 0 unspecified atom stereocenters. The number of amides is 1. The first kappa shape index (κ1) is 21.5. The van der Waals surface area contributed by atoms with Crippen molar-refractivity contribution < 1.29 is 4.79 Å². The average Bonchev–Trinajstić information content (AvgIpc) is 3.07. The molecule has 0 spiro atoms. The Labute approximate surface area is 164 Å². The maximum atomic E-state index is 12.2. The predicted molar refractivity (Wildman–Crippen MR) is 111 cm³/mol. The van der Waals surface area contributed by atoms with E-state index in [0.717, 1.165) is 45.0 Å². The van der Waals surface area contributed by atoms with Gasteiger partial charge in [-0.05, 0) is 50.9 Å². The first-order valence-corrected chi connectivity index (χ1v) is 9.49. The second-order valence-corrected chi connectivity index (χ2v) is 7.05. The fourth-order valence-electron chi connectivity index (χ4n) is 3.78. The molecule has 140 valence electrons. The van der Waals surface area contributed by atoms with Gasteiger partial charge in [0.05, 0.1) is 0 Å². The third-order valence-corrected chi connectivity index (χ3v) is 5.47. The number of hydrogen-bond donors (Lipinski definition) is 2. The highest BCUT2D eigenvalue weighted by Gasteiger charge is 2.31. The molecule has 0 atom stereocenters. The standard InChI is InChI=1S/C18H34N4O.HI/c1-3-18(10-6-7-11-18)15-21-17(19-4-2)20-14-16(23)22-12-8-5-9-13-22;/h3-15H2,1-2H3,(H2,19,20,21);1H. The fourth-order valence-corrected chi connectivity index (χ4v) is 3.78. The van der Waals surface area contributed by atoms with Gasteiger partial charge in [0.1, 0.15) is 6.54 Å². The maximum absolute atomic E-state index is 12.2. The van der Waals surface area contributed by atoms with E-state index in [1.54, 1.807) is 0 Å². The van der Waals surface area contributed by atoms with Crippen LogP contribution in [0.1, 0.15) is 65.2 Å². The Bertz CT molecular complexity index is 402. The van der Waals surface area contributed by atoms with E-state index < -0.39 is 0 Å². The Morgan fingerprint density at radius 3 is 2.29 bits per heavy atom. The molecular formula is C18H35IN4O. The molecule has 2 rings (SSSR count). The zero-order chi connectivity index (χ0) is 16.5. The second kappa shape index (κ2) is 11.2. The highest BCUT2D eigenvalue weighted by molar-refractivity contribution is 14.0. The number of piperidine rings is 1. The zero-order valence-corrected chi connectivity index (χ0v) is 17.7. The third kappa shape index (κ3) is 6.41. The van der Waals surface area contributed by atoms with Gasteiger partial charge in [0.15, 0.2) is 5.96 Å². The molecular weight excluding hydrogens is 415 g/mol. The number of nitrogens with zero attached hydrogens (tertiary/aromatic N) is 2. The molecule has 2 aliphatic rings. The monoisotopic (exact) mass is 450 g/mol. The van der Waals surface area contributed by atoms with Gasteiger partial charge in [0, 0.05) is 26.2 Å². The number of nitrogens with one attached hydrogen (secondary N) is 2. The van der Waals surface area contributed by atoms with Crippen LogP contribution in [0.2, 0.25) is 0 Å². The van der Waals surface area contributed by atoms with Crippen molar-refractivity contribution in [2.45, 2.75) is 65.2 Å². The molecule has 1 aliphatic carbocycles. The Kier molecular flexibility index (Phi) is 10.0. The minimum Gasteiger partial charge on any atom is -0.357 e. The lowest BCUT2D eigenvalue weighted by atomic mass is 9.83. The lowest BCUT2D eigenvalue weighted by molar-refractivity contribution is -0.130. The summed E-state index contributed by atoms with van der Waals surface area (Å²) < 4.78 is 0. The SMILES string of the molecule is CCNC(=NCC(=O)N1CCCCC1)NCC1(CC)CCCC1.I. The molecule has 0 radical (unpaired) electrons. The minimum absolute atomic E-state index is 0. The summed E-state index contributed by atoms with van der Waals surface area (Å²) in [7, 11) is 0. The Balaban J connectivity index is 0.00000288. The van der Waals surface area contributed by atoms with Crippen molar-refractivity contribution in [1.82, 2.24) is 15.5 Å². The summed E-state index contributed by atoms with van der Waals surface area (Å²) in [5, 5.41) is 6.76. The van der Waals surface area contributed by atoms with Gasteiger partial charge in [-0.3, -0.25) is 4.79 Å². The lowest BCUT2D eigenvalue weighted by Crippen LogP contribution is -2.44. The highest BCUT2D eigenvalue weighted by atomic mass is 127. The van der Waals surface area contributed by atoms with Crippen molar-refractivity contribution in [3.8, 4) is 0 Å². The van der Waals surface area contributed by atoms with E-state index >= 15 is 0 Å². The molecule has 1 saturated carbocycles. The predicted octanol–water partition coefficient (Wildman–Crippen LogP) is 3.14. The van der Waals surface area contributed by atoms with Crippen LogP contribution in [0.5, 0.6) is 0 Å². The number of carbonyl (C=O) groups excluding carboxylic acids is 1. The molecule has 1 heterocycles. The van der Waals surface area contributed by atoms with E-state index in [2.05, 4.69) is 29.5 Å². The number of rotatable bonds is 6. The molecule has 1 aliphatic heterocycles. The van der Waals surface area contributed by atoms with Gasteiger partial charge < -0.3 is 15.5 Å². The molecule has 2 N–H and O–H groups in total. The number of aliphatic imine (C=N–C) groups is 1. The summed E-state index contributed by atoms with van der Waals surface area (Å²) in [5.74, 6) is 0.950. The third-order valence-electron chi connectivity index (χ3n) is 5.47. The number of hydrogen-bond acceptors (Lipinski definition) is 2. The molecule has 24 heavy (non-hydrogen) atoms. The van der Waals surface area contributed by atoms with Gasteiger partial charge in [0.2, 0.25) is 5.91 Å². The molecule has 0 aromatic heterocycles. The van der Waals surface area contributed by atoms with Crippen LogP contribution in [0.15, 0.2) is 4.99 Å². The molecule has 1 saturated heterocycles. The van der Waals surface area contributed by atoms with E-state index in [0.29, 0.717) is 5.41 Å². The van der Waals surface area contributed by atoms with Crippen LogP contribution in [0.3, 0.4) is 0 Å². The van der Waals surface area contributed by atoms with Gasteiger partial charge >= 0.3 is 0 Å². The zero-order valence-electron chi connectivity index (χ0n) is 15.4. The van der Waals surface area contributed by atoms with Gasteiger partial charge in [-0.25, -0.2) is 4.99 Å². The van der Waals surface area contributed by atoms with E-state index in [1.165, 1.54) is 38.5 Å². The number of carbonyl (C=O) groups is 1. The quantitative estimate of drug-likeness (QED) is 0.372. The van der Waals surface area contributed by atoms with Crippen LogP contribution in [0, 0.1) is 5.41 Å². The lowest BCUT2D eigenvalue weighted by Gasteiger charge is -2.29. The van der Waals surface area contributed by atoms with Crippen LogP contribution in [0.4, 0.5) is 0 Å². The Morgan fingerprint density at radius 2 is 1.71 bits per heavy atom. The van der Waals surface area contributed by atoms with Gasteiger partial charge in [0.25, 0.3) is 0 Å². The van der Waals surface area contributed by atoms with Crippen LogP contribution in [-0.2, 0) is 4.79 Å². The normalized spacial score (nSPS) is 20.4. The summed E-state index contributed by atoms with van der Waals surface area (Å²) in [6, 6.07) is 0. The first-order valence-electron chi connectivity index (χ1n) is 9.49. The molecule has 1 amide bonds. The summed E-state index contributed by atoms with van der Waals surface area (Å²) in [6.45, 7) is 8.20. The topological polar surface area (TPSA) is 56.7 Å². The molecule has 0 aromatic carbocycles. The molecule has 2 fully saturated rings. The number of guanidine groups is 1. The largest absolute Gasteiger partial charge is 0.357 e. The summed E-state index contributed by atoms with van der Waals surface area (Å²) in [6.07, 6.45) is 10.0. The summed E-state index contributed by atoms with van der Waals surface area (Å²) in [4.78, 5) is 18.7. The average molecular weight is 450 g/mol. The van der Waals surface area contributed by atoms with Crippen LogP contribution in [-0.4, -0.2) is 49.5 Å². The molecule has 0 aromatic rings. The summed E-state index contributed by atoms with van der Waals surface area (Å²) >= 11 is 0. The van der Waals surface area contributed by atoms with Crippen molar-refractivity contribution in [2.24, 2.45) is 10.4 Å². The smallest absolute Gasteiger partial charge is 0.244 e. The van der Waals surface area contributed by atoms with Gasteiger partial charge in [-0.2, -0.15) is 0 Å². The molecule has 5 nitrogen and oxygen atoms in total. The van der Waals surface area contributed by atoms with Crippen LogP contribution < -0.4 is 10.6 Å². The number of halogens is 1. The second-order valence-electron chi connectivity index (χ2n) is 7.05. The van der Waals surface area contributed by atoms with Crippen LogP contribution in [0.25, 0.3) is 0 Å². The van der Waals surface area contributed by atoms with Crippen molar-refractivity contribution in [3.63, 3.8) is 0 Å². The first-order chi connectivity index (χ1) is 11.2. The van der Waals surface area contributed by atoms with E-state index in [-0.39, 0.29) is 36.4 Å². The Morgan fingerprint density at radius 1 is 1.04 bits per heavy atom. The highest BCUT2D eigenvalue weighted by Crippen LogP contribution is 2.40. The van der Waals surface area contributed by atoms with Gasteiger partial charge in [-0.15, -0.1) is 24.0 Å². The van der Waals surface area contributed by atoms with E-state index in [9.17, 15) is 4.79 Å². The minimum atomic E-state index is 0. The van der Waals surface area contributed by atoms with Crippen molar-refractivity contribution in [3.05, 3.63) is 0 Å². The van der Waals surface area contributed by atoms with Crippen molar-refractivity contribution in [2.75, 3.05) is 32.7 Å². The molecule has 6 heteroatoms. The van der Waals surface area contributed by atoms with E-state index in [1.807, 2.05) is 4.90 Å². The van der Waals surface area contributed by atoms with E-state index in [4.69, 9.17) is 0 Å². The molecule has 0 bridgehead atoms. The van der Waals surface area contributed by atoms with Crippen molar-refractivity contribution >= 4 is 35.8 Å². The number of likely N-dealkylation sites (tertiary alicyclic amines) is 1. The fraction of sp³-hybridized carbons (Fsp3) is 0.889. The summed E-state index contributed by atoms with van der Waals surface area (Å²) in [5.41, 5.74) is 0.424.